The summed E-state index contributed by atoms with van der Waals surface area (Å²) in [6.07, 6.45) is 6.98. The molecule has 0 unspecified atom stereocenters. The largest absolute Gasteiger partial charge is 0.382 e. The van der Waals surface area contributed by atoms with Crippen molar-refractivity contribution in [3.05, 3.63) is 70.8 Å². The molecule has 142 valence electrons. The number of aromatic nitrogens is 2. The fourth-order valence-corrected chi connectivity index (χ4v) is 4.14. The lowest BCUT2D eigenvalue weighted by molar-refractivity contribution is 0.415. The van der Waals surface area contributed by atoms with Gasteiger partial charge >= 0.3 is 0 Å². The Morgan fingerprint density at radius 1 is 1.18 bits per heavy atom. The Bertz CT molecular complexity index is 1070. The minimum atomic E-state index is -0.210. The van der Waals surface area contributed by atoms with Gasteiger partial charge in [-0.25, -0.2) is 9.37 Å². The highest BCUT2D eigenvalue weighted by Gasteiger charge is 2.25. The van der Waals surface area contributed by atoms with Gasteiger partial charge < -0.3 is 5.73 Å². The van der Waals surface area contributed by atoms with Crippen molar-refractivity contribution in [3.8, 4) is 16.9 Å². The molecule has 3 aromatic rings. The molecule has 0 atom stereocenters. The van der Waals surface area contributed by atoms with E-state index < -0.39 is 0 Å². The van der Waals surface area contributed by atoms with E-state index in [1.54, 1.807) is 0 Å². The van der Waals surface area contributed by atoms with Gasteiger partial charge in [0.05, 0.1) is 18.1 Å². The van der Waals surface area contributed by atoms with Gasteiger partial charge in [-0.1, -0.05) is 24.6 Å². The van der Waals surface area contributed by atoms with Crippen molar-refractivity contribution >= 4 is 17.0 Å². The molecule has 1 heterocycles. The normalized spacial score (nSPS) is 13.9. The van der Waals surface area contributed by atoms with E-state index in [1.165, 1.54) is 30.0 Å². The number of nitrogens with zero attached hydrogens (tertiary/aromatic N) is 2. The Balaban J connectivity index is 1.78. The van der Waals surface area contributed by atoms with E-state index >= 15 is 4.39 Å². The first-order valence-corrected chi connectivity index (χ1v) is 10.3. The van der Waals surface area contributed by atoms with Crippen LogP contribution in [0.5, 0.6) is 0 Å². The first kappa shape index (κ1) is 18.6. The predicted molar refractivity (Wildman–Crippen MR) is 113 cm³/mol. The zero-order valence-electron chi connectivity index (χ0n) is 15.8. The van der Waals surface area contributed by atoms with Crippen LogP contribution < -0.4 is 5.73 Å². The molecular formula is C23H22FN3S. The van der Waals surface area contributed by atoms with Crippen LogP contribution in [0.25, 0.3) is 11.3 Å². The average molecular weight is 392 g/mol. The van der Waals surface area contributed by atoms with Crippen molar-refractivity contribution in [2.24, 2.45) is 0 Å². The molecule has 2 N–H and O–H groups in total. The van der Waals surface area contributed by atoms with Crippen LogP contribution in [0.15, 0.2) is 47.6 Å². The maximum atomic E-state index is 15.6. The number of hydrogen-bond acceptors (Lipinski definition) is 3. The number of rotatable bonds is 4. The van der Waals surface area contributed by atoms with Gasteiger partial charge in [0.2, 0.25) is 0 Å². The molecule has 1 aliphatic carbocycles. The third-order valence-corrected chi connectivity index (χ3v) is 6.23. The maximum Gasteiger partial charge on any atom is 0.141 e. The van der Waals surface area contributed by atoms with E-state index in [0.717, 1.165) is 40.0 Å². The fraction of sp³-hybridized carbons (Fsp3) is 0.261. The van der Waals surface area contributed by atoms with Crippen LogP contribution in [0.1, 0.15) is 47.4 Å². The molecule has 0 aliphatic heterocycles. The number of hydrogen-bond donors (Lipinski definition) is 1. The monoisotopic (exact) mass is 391 g/mol. The SMILES string of the molecule is C#Sc1ccc(Cc2c(C3CCC3)ccc(-c3cnc(N)cn3)c2F)cc1C. The lowest BCUT2D eigenvalue weighted by Gasteiger charge is -2.29. The molecule has 2 aromatic carbocycles. The highest BCUT2D eigenvalue weighted by Crippen LogP contribution is 2.41. The van der Waals surface area contributed by atoms with Crippen LogP contribution in [-0.4, -0.2) is 9.97 Å². The number of halogens is 1. The lowest BCUT2D eigenvalue weighted by Crippen LogP contribution is -2.13. The van der Waals surface area contributed by atoms with Crippen LogP contribution in [0.3, 0.4) is 0 Å². The Morgan fingerprint density at radius 2 is 2.00 bits per heavy atom. The van der Waals surface area contributed by atoms with Gasteiger partial charge in [0.15, 0.2) is 0 Å². The second kappa shape index (κ2) is 7.70. The molecule has 0 radical (unpaired) electrons. The van der Waals surface area contributed by atoms with E-state index in [4.69, 9.17) is 11.4 Å². The maximum absolute atomic E-state index is 15.6. The molecular weight excluding hydrogens is 369 g/mol. The summed E-state index contributed by atoms with van der Waals surface area (Å²) in [5, 5.41) is 0. The number of benzene rings is 2. The molecule has 1 aliphatic rings. The molecule has 1 fully saturated rings. The van der Waals surface area contributed by atoms with Gasteiger partial charge in [-0.15, -0.1) is 16.9 Å². The molecule has 0 amide bonds. The first-order valence-electron chi connectivity index (χ1n) is 9.42. The Hall–Kier alpha value is -2.75. The van der Waals surface area contributed by atoms with E-state index in [2.05, 4.69) is 22.1 Å². The average Bonchev–Trinajstić information content (AvgIpc) is 2.64. The van der Waals surface area contributed by atoms with Crippen LogP contribution in [0, 0.1) is 18.4 Å². The molecule has 0 saturated heterocycles. The number of anilines is 1. The van der Waals surface area contributed by atoms with Crippen molar-refractivity contribution in [3.63, 3.8) is 0 Å². The lowest BCUT2D eigenvalue weighted by atomic mass is 9.76. The molecule has 1 saturated carbocycles. The van der Waals surface area contributed by atoms with Crippen LogP contribution >= 0.6 is 11.2 Å². The number of nitrogens with two attached hydrogens (primary N) is 1. The third kappa shape index (κ3) is 3.51. The van der Waals surface area contributed by atoms with Crippen molar-refractivity contribution in [1.29, 1.82) is 0 Å². The standard InChI is InChI=1S/C23H22FN3S/c1-14-10-15(6-9-21(14)28-2)11-19-17(16-4-3-5-16)7-8-18(23(19)24)20-12-27-22(25)13-26-20/h2,6-10,12-13,16H,3-5,11H2,1H3,(H2,25,27). The minimum Gasteiger partial charge on any atom is -0.382 e. The van der Waals surface area contributed by atoms with E-state index in [-0.39, 0.29) is 5.82 Å². The van der Waals surface area contributed by atoms with Gasteiger partial charge in [-0.2, -0.15) is 0 Å². The summed E-state index contributed by atoms with van der Waals surface area (Å²) in [5.74, 6) is 0.554. The molecule has 0 spiro atoms. The summed E-state index contributed by atoms with van der Waals surface area (Å²) >= 11 is 1.24. The third-order valence-electron chi connectivity index (χ3n) is 5.52. The van der Waals surface area contributed by atoms with Gasteiger partial charge in [-0.3, -0.25) is 4.98 Å². The number of aryl methyl sites for hydroxylation is 1. The second-order valence-electron chi connectivity index (χ2n) is 7.34. The summed E-state index contributed by atoms with van der Waals surface area (Å²) in [5.41, 5.74) is 16.3. The van der Waals surface area contributed by atoms with Gasteiger partial charge in [0, 0.05) is 16.9 Å². The van der Waals surface area contributed by atoms with E-state index in [9.17, 15) is 0 Å². The summed E-state index contributed by atoms with van der Waals surface area (Å²) in [7, 11) is 0. The Labute approximate surface area is 168 Å². The van der Waals surface area contributed by atoms with Crippen molar-refractivity contribution < 1.29 is 4.39 Å². The highest BCUT2D eigenvalue weighted by atomic mass is 32.1. The molecule has 4 rings (SSSR count). The zero-order valence-corrected chi connectivity index (χ0v) is 16.6. The topological polar surface area (TPSA) is 51.8 Å². The van der Waals surface area contributed by atoms with Gasteiger partial charge in [0.1, 0.15) is 11.6 Å². The second-order valence-corrected chi connectivity index (χ2v) is 8.02. The highest BCUT2D eigenvalue weighted by molar-refractivity contribution is 7.88. The molecule has 28 heavy (non-hydrogen) atoms. The van der Waals surface area contributed by atoms with Crippen LogP contribution in [-0.2, 0) is 6.42 Å². The van der Waals surface area contributed by atoms with Crippen LogP contribution in [0.4, 0.5) is 10.2 Å². The Kier molecular flexibility index (Phi) is 5.12. The van der Waals surface area contributed by atoms with E-state index in [0.29, 0.717) is 29.4 Å². The van der Waals surface area contributed by atoms with E-state index in [1.807, 2.05) is 25.1 Å². The van der Waals surface area contributed by atoms with Gasteiger partial charge in [0.25, 0.3) is 0 Å². The van der Waals surface area contributed by atoms with Gasteiger partial charge in [-0.05, 0) is 60.1 Å². The summed E-state index contributed by atoms with van der Waals surface area (Å²) < 4.78 is 15.6. The van der Waals surface area contributed by atoms with Crippen molar-refractivity contribution in [2.75, 3.05) is 5.73 Å². The van der Waals surface area contributed by atoms with Crippen molar-refractivity contribution in [2.45, 2.75) is 43.4 Å². The zero-order chi connectivity index (χ0) is 19.7. The smallest absolute Gasteiger partial charge is 0.141 e. The molecule has 3 nitrogen and oxygen atoms in total. The predicted octanol–water partition coefficient (Wildman–Crippen LogP) is 5.71. The van der Waals surface area contributed by atoms with Crippen LogP contribution in [0.2, 0.25) is 0 Å². The summed E-state index contributed by atoms with van der Waals surface area (Å²) in [6.45, 7) is 2.03. The molecule has 0 bridgehead atoms. The summed E-state index contributed by atoms with van der Waals surface area (Å²) in [6, 6.07) is 10.0. The Morgan fingerprint density at radius 3 is 2.61 bits per heavy atom. The minimum absolute atomic E-state index is 0.210. The molecule has 5 heteroatoms. The quantitative estimate of drug-likeness (QED) is 0.619. The molecule has 1 aromatic heterocycles. The first-order chi connectivity index (χ1) is 13.6. The number of nitrogen functional groups attached to an aromatic ring is 1. The van der Waals surface area contributed by atoms with Crippen molar-refractivity contribution in [1.82, 2.24) is 9.97 Å². The fourth-order valence-electron chi connectivity index (χ4n) is 3.75. The summed E-state index contributed by atoms with van der Waals surface area (Å²) in [4.78, 5) is 9.36.